The Morgan fingerprint density at radius 2 is 2.10 bits per heavy atom. The molecule has 0 N–H and O–H groups in total. The van der Waals surface area contributed by atoms with Crippen molar-refractivity contribution in [2.45, 2.75) is 6.54 Å². The summed E-state index contributed by atoms with van der Waals surface area (Å²) < 4.78 is 10.6. The van der Waals surface area contributed by atoms with E-state index in [1.165, 1.54) is 11.1 Å². The Morgan fingerprint density at radius 3 is 3.05 bits per heavy atom. The van der Waals surface area contributed by atoms with Crippen LogP contribution in [0.1, 0.15) is 5.56 Å². The topological polar surface area (TPSA) is 34.8 Å². The van der Waals surface area contributed by atoms with E-state index in [0.717, 1.165) is 34.7 Å². The first-order chi connectivity index (χ1) is 9.84. The molecule has 0 saturated carbocycles. The average molecular weight is 262 g/mol. The van der Waals surface area contributed by atoms with Gasteiger partial charge in [0.15, 0.2) is 11.0 Å². The van der Waals surface area contributed by atoms with Crippen LogP contribution in [0, 0.1) is 0 Å². The quantitative estimate of drug-likeness (QED) is 0.402. The highest BCUT2D eigenvalue weighted by molar-refractivity contribution is 5.99. The minimum absolute atomic E-state index is 0.864. The number of rotatable bonds is 0. The van der Waals surface area contributed by atoms with Gasteiger partial charge in [0, 0.05) is 11.8 Å². The van der Waals surface area contributed by atoms with Crippen molar-refractivity contribution in [2.75, 3.05) is 0 Å². The number of oxazole rings is 1. The highest BCUT2D eigenvalue weighted by Crippen LogP contribution is 2.34. The second kappa shape index (κ2) is 3.28. The molecule has 0 spiro atoms. The summed E-state index contributed by atoms with van der Waals surface area (Å²) >= 11 is 0. The number of pyridine rings is 1. The monoisotopic (exact) mass is 262 g/mol. The largest absolute Gasteiger partial charge is 0.411 e. The number of hydrogen-bond acceptors (Lipinski definition) is 2. The summed E-state index contributed by atoms with van der Waals surface area (Å²) in [7, 11) is 2.07. The number of benzene rings is 1. The normalized spacial score (nSPS) is 13.1. The summed E-state index contributed by atoms with van der Waals surface area (Å²) in [5.74, 6) is 0.939. The van der Waals surface area contributed by atoms with Crippen molar-refractivity contribution < 1.29 is 8.98 Å². The Hall–Kier alpha value is -2.62. The molecule has 4 nitrogen and oxygen atoms in total. The molecular weight excluding hydrogens is 250 g/mol. The third kappa shape index (κ3) is 1.04. The number of aryl methyl sites for hydroxylation is 1. The maximum atomic E-state index is 6.15. The smallest absolute Gasteiger partial charge is 0.331 e. The zero-order valence-corrected chi connectivity index (χ0v) is 11.0. The molecule has 0 atom stereocenters. The maximum absolute atomic E-state index is 6.15. The van der Waals surface area contributed by atoms with E-state index < -0.39 is 0 Å². The van der Waals surface area contributed by atoms with Gasteiger partial charge >= 0.3 is 5.65 Å². The third-order valence-corrected chi connectivity index (χ3v) is 4.16. The third-order valence-electron chi connectivity index (χ3n) is 4.16. The lowest BCUT2D eigenvalue weighted by Crippen LogP contribution is -2.32. The molecule has 1 aliphatic rings. The molecule has 4 heteroatoms. The van der Waals surface area contributed by atoms with Crippen LogP contribution in [0.25, 0.3) is 33.7 Å². The van der Waals surface area contributed by atoms with Crippen molar-refractivity contribution >= 4 is 22.3 Å². The molecule has 0 fully saturated rings. The SMILES string of the molecule is Cn1c2cccnc2c2oc3[n+](c21)Cc1ccccc1-3. The molecule has 4 heterocycles. The molecule has 0 radical (unpaired) electrons. The van der Waals surface area contributed by atoms with Crippen LogP contribution in [-0.4, -0.2) is 9.55 Å². The fourth-order valence-electron chi connectivity index (χ4n) is 3.24. The molecule has 20 heavy (non-hydrogen) atoms. The molecule has 96 valence electrons. The highest BCUT2D eigenvalue weighted by Gasteiger charge is 2.34. The molecule has 1 aliphatic heterocycles. The number of hydrogen-bond donors (Lipinski definition) is 0. The summed E-state index contributed by atoms with van der Waals surface area (Å²) in [5, 5.41) is 0. The predicted molar refractivity (Wildman–Crippen MR) is 75.2 cm³/mol. The summed E-state index contributed by atoms with van der Waals surface area (Å²) in [6.45, 7) is 0.864. The van der Waals surface area contributed by atoms with Crippen LogP contribution >= 0.6 is 0 Å². The van der Waals surface area contributed by atoms with Crippen LogP contribution in [0.15, 0.2) is 47.0 Å². The van der Waals surface area contributed by atoms with Gasteiger partial charge in [-0.3, -0.25) is 0 Å². The molecular formula is C16H12N3O+. The van der Waals surface area contributed by atoms with Gasteiger partial charge in [0.1, 0.15) is 6.54 Å². The van der Waals surface area contributed by atoms with Crippen molar-refractivity contribution in [3.63, 3.8) is 0 Å². The van der Waals surface area contributed by atoms with E-state index >= 15 is 0 Å². The van der Waals surface area contributed by atoms with Gasteiger partial charge in [-0.15, -0.1) is 0 Å². The molecule has 0 amide bonds. The van der Waals surface area contributed by atoms with Gasteiger partial charge in [-0.05, 0) is 18.2 Å². The van der Waals surface area contributed by atoms with Gasteiger partial charge in [0.2, 0.25) is 0 Å². The summed E-state index contributed by atoms with van der Waals surface area (Å²) in [6.07, 6.45) is 1.81. The molecule has 0 unspecified atom stereocenters. The zero-order chi connectivity index (χ0) is 13.3. The summed E-state index contributed by atoms with van der Waals surface area (Å²) in [4.78, 5) is 4.47. The van der Waals surface area contributed by atoms with Gasteiger partial charge in [0.25, 0.3) is 11.5 Å². The minimum Gasteiger partial charge on any atom is -0.411 e. The lowest BCUT2D eigenvalue weighted by molar-refractivity contribution is -0.652. The maximum Gasteiger partial charge on any atom is 0.331 e. The first-order valence-corrected chi connectivity index (χ1v) is 6.68. The summed E-state index contributed by atoms with van der Waals surface area (Å²) in [6, 6.07) is 12.4. The molecule has 5 rings (SSSR count). The van der Waals surface area contributed by atoms with E-state index in [2.05, 4.69) is 51.5 Å². The van der Waals surface area contributed by atoms with E-state index in [0.29, 0.717) is 0 Å². The Morgan fingerprint density at radius 1 is 1.20 bits per heavy atom. The van der Waals surface area contributed by atoms with E-state index in [1.54, 1.807) is 0 Å². The van der Waals surface area contributed by atoms with Crippen molar-refractivity contribution in [2.24, 2.45) is 7.05 Å². The second-order valence-corrected chi connectivity index (χ2v) is 5.23. The van der Waals surface area contributed by atoms with Gasteiger partial charge in [0.05, 0.1) is 12.6 Å². The molecule has 0 saturated heterocycles. The second-order valence-electron chi connectivity index (χ2n) is 5.23. The van der Waals surface area contributed by atoms with Crippen LogP contribution in [0.3, 0.4) is 0 Å². The first kappa shape index (κ1) is 10.2. The highest BCUT2D eigenvalue weighted by atomic mass is 16.4. The molecule has 1 aromatic carbocycles. The van der Waals surface area contributed by atoms with Crippen LogP contribution < -0.4 is 4.57 Å². The van der Waals surface area contributed by atoms with Crippen LogP contribution in [0.5, 0.6) is 0 Å². The lowest BCUT2D eigenvalue weighted by atomic mass is 10.1. The Bertz CT molecular complexity index is 994. The van der Waals surface area contributed by atoms with Crippen LogP contribution in [-0.2, 0) is 13.6 Å². The van der Waals surface area contributed by atoms with E-state index in [-0.39, 0.29) is 0 Å². The fourth-order valence-corrected chi connectivity index (χ4v) is 3.24. The van der Waals surface area contributed by atoms with Crippen LogP contribution in [0.4, 0.5) is 0 Å². The van der Waals surface area contributed by atoms with Crippen molar-refractivity contribution in [1.82, 2.24) is 9.55 Å². The van der Waals surface area contributed by atoms with Crippen LogP contribution in [0.2, 0.25) is 0 Å². The first-order valence-electron chi connectivity index (χ1n) is 6.68. The van der Waals surface area contributed by atoms with E-state index in [4.69, 9.17) is 4.42 Å². The molecule has 4 aromatic rings. The van der Waals surface area contributed by atoms with Gasteiger partial charge in [-0.1, -0.05) is 18.2 Å². The van der Waals surface area contributed by atoms with Gasteiger partial charge < -0.3 is 4.42 Å². The van der Waals surface area contributed by atoms with Crippen molar-refractivity contribution in [3.05, 3.63) is 48.2 Å². The Balaban J connectivity index is 1.97. The number of nitrogens with zero attached hydrogens (tertiary/aromatic N) is 3. The number of fused-ring (bicyclic) bond motifs is 7. The van der Waals surface area contributed by atoms with Crippen molar-refractivity contribution in [1.29, 1.82) is 0 Å². The van der Waals surface area contributed by atoms with E-state index in [1.807, 2.05) is 12.3 Å². The fraction of sp³-hybridized carbons (Fsp3) is 0.125. The predicted octanol–water partition coefficient (Wildman–Crippen LogP) is 2.64. The molecule has 0 aliphatic carbocycles. The molecule has 3 aromatic heterocycles. The van der Waals surface area contributed by atoms with Gasteiger partial charge in [-0.25, -0.2) is 9.55 Å². The average Bonchev–Trinajstić information content (AvgIpc) is 3.09. The zero-order valence-electron chi connectivity index (χ0n) is 11.0. The lowest BCUT2D eigenvalue weighted by Gasteiger charge is -1.91. The number of aromatic nitrogens is 3. The Labute approximate surface area is 114 Å². The minimum atomic E-state index is 0.864. The van der Waals surface area contributed by atoms with Gasteiger partial charge in [-0.2, -0.15) is 4.57 Å². The van der Waals surface area contributed by atoms with Crippen molar-refractivity contribution in [3.8, 4) is 11.5 Å². The Kier molecular flexibility index (Phi) is 1.67. The standard InChI is InChI=1S/C16H12N3O/c1-18-12-7-4-8-17-13(12)14-15(18)19-9-10-5-2-3-6-11(10)16(19)20-14/h2-8H,9H2,1H3/q+1. The van der Waals surface area contributed by atoms with E-state index in [9.17, 15) is 0 Å². The summed E-state index contributed by atoms with van der Waals surface area (Å²) in [5.41, 5.74) is 6.52. The molecule has 0 bridgehead atoms.